The van der Waals surface area contributed by atoms with Gasteiger partial charge in [-0.05, 0) is 35.9 Å². The molecule has 0 saturated carbocycles. The zero-order chi connectivity index (χ0) is 21.6. The molecule has 6 heteroatoms. The van der Waals surface area contributed by atoms with Crippen molar-refractivity contribution in [3.05, 3.63) is 75.8 Å². The second kappa shape index (κ2) is 8.27. The van der Waals surface area contributed by atoms with Gasteiger partial charge in [-0.25, -0.2) is 0 Å². The van der Waals surface area contributed by atoms with Crippen molar-refractivity contribution >= 4 is 34.0 Å². The minimum absolute atomic E-state index is 0.373. The van der Waals surface area contributed by atoms with Crippen molar-refractivity contribution in [3.8, 4) is 5.75 Å². The first-order chi connectivity index (χ1) is 14.9. The highest BCUT2D eigenvalue weighted by atomic mass is 35.5. The van der Waals surface area contributed by atoms with E-state index in [4.69, 9.17) is 27.9 Å². The van der Waals surface area contributed by atoms with Crippen LogP contribution in [0.25, 0.3) is 10.8 Å². The van der Waals surface area contributed by atoms with Crippen LogP contribution >= 0.6 is 23.2 Å². The quantitative estimate of drug-likeness (QED) is 0.542. The Bertz CT molecular complexity index is 1110. The Balaban J connectivity index is 1.30. The summed E-state index contributed by atoms with van der Waals surface area (Å²) in [6.45, 7) is 2.12. The van der Waals surface area contributed by atoms with Gasteiger partial charge in [0.25, 0.3) is 0 Å². The summed E-state index contributed by atoms with van der Waals surface area (Å²) in [4.78, 5) is 2.24. The van der Waals surface area contributed by atoms with Gasteiger partial charge in [-0.3, -0.25) is 0 Å². The largest absolute Gasteiger partial charge is 0.486 e. The van der Waals surface area contributed by atoms with E-state index in [1.807, 2.05) is 30.3 Å². The number of nitrogens with zero attached hydrogens (tertiary/aromatic N) is 1. The SMILES string of the molecule is OC(CN1CCC2(CC1)CC(O)c1ccc3ccccc3c1O2)c1ccc(Cl)c(Cl)c1. The first-order valence-electron chi connectivity index (χ1n) is 10.7. The predicted octanol–water partition coefficient (Wildman–Crippen LogP) is 5.53. The normalized spacial score (nSPS) is 21.6. The van der Waals surface area contributed by atoms with Gasteiger partial charge in [0.1, 0.15) is 11.4 Å². The van der Waals surface area contributed by atoms with E-state index in [1.54, 1.807) is 12.1 Å². The Hall–Kier alpha value is -1.82. The summed E-state index contributed by atoms with van der Waals surface area (Å²) in [5.74, 6) is 0.821. The maximum absolute atomic E-state index is 10.9. The fraction of sp³-hybridized carbons (Fsp3) is 0.360. The van der Waals surface area contributed by atoms with E-state index in [0.29, 0.717) is 23.0 Å². The number of hydrogen-bond acceptors (Lipinski definition) is 4. The third-order valence-electron chi connectivity index (χ3n) is 6.68. The molecule has 2 aliphatic rings. The summed E-state index contributed by atoms with van der Waals surface area (Å²) in [5, 5.41) is 24.7. The zero-order valence-electron chi connectivity index (χ0n) is 17.1. The van der Waals surface area contributed by atoms with Crippen LogP contribution in [0.5, 0.6) is 5.75 Å². The summed E-state index contributed by atoms with van der Waals surface area (Å²) in [5.41, 5.74) is 1.27. The second-order valence-corrected chi connectivity index (χ2v) is 9.51. The minimum atomic E-state index is -0.633. The van der Waals surface area contributed by atoms with E-state index in [0.717, 1.165) is 53.6 Å². The minimum Gasteiger partial charge on any atom is -0.486 e. The van der Waals surface area contributed by atoms with Crippen LogP contribution in [0.3, 0.4) is 0 Å². The first-order valence-corrected chi connectivity index (χ1v) is 11.4. The lowest BCUT2D eigenvalue weighted by Gasteiger charge is -2.46. The highest BCUT2D eigenvalue weighted by molar-refractivity contribution is 6.42. The molecular formula is C25H25Cl2NO3. The first kappa shape index (κ1) is 21.0. The van der Waals surface area contributed by atoms with E-state index >= 15 is 0 Å². The van der Waals surface area contributed by atoms with Crippen LogP contribution in [-0.2, 0) is 0 Å². The number of rotatable bonds is 3. The molecule has 1 saturated heterocycles. The molecule has 4 nitrogen and oxygen atoms in total. The van der Waals surface area contributed by atoms with Crippen LogP contribution < -0.4 is 4.74 Å². The molecule has 0 radical (unpaired) electrons. The maximum atomic E-state index is 10.9. The van der Waals surface area contributed by atoms with Gasteiger partial charge in [-0.15, -0.1) is 0 Å². The summed E-state index contributed by atoms with van der Waals surface area (Å²) in [7, 11) is 0. The fourth-order valence-electron chi connectivity index (χ4n) is 4.88. The molecule has 2 atom stereocenters. The fourth-order valence-corrected chi connectivity index (χ4v) is 5.18. The molecule has 3 aromatic carbocycles. The molecule has 2 heterocycles. The molecule has 0 amide bonds. The van der Waals surface area contributed by atoms with Gasteiger partial charge in [0.05, 0.1) is 22.3 Å². The Labute approximate surface area is 192 Å². The van der Waals surface area contributed by atoms with Gasteiger partial charge in [0, 0.05) is 37.0 Å². The third kappa shape index (κ3) is 4.04. The average Bonchev–Trinajstić information content (AvgIpc) is 2.77. The highest BCUT2D eigenvalue weighted by Gasteiger charge is 2.43. The molecule has 31 heavy (non-hydrogen) atoms. The molecule has 5 rings (SSSR count). The maximum Gasteiger partial charge on any atom is 0.133 e. The Morgan fingerprint density at radius 2 is 1.81 bits per heavy atom. The van der Waals surface area contributed by atoms with Crippen LogP contribution in [0.15, 0.2) is 54.6 Å². The third-order valence-corrected chi connectivity index (χ3v) is 7.42. The number of β-amino-alcohol motifs (C(OH)–C–C–N with tert-alkyl or cyclic N) is 1. The van der Waals surface area contributed by atoms with E-state index in [9.17, 15) is 10.2 Å². The molecule has 1 fully saturated rings. The van der Waals surface area contributed by atoms with E-state index < -0.39 is 12.2 Å². The van der Waals surface area contributed by atoms with Crippen molar-refractivity contribution in [1.82, 2.24) is 4.90 Å². The molecule has 0 bridgehead atoms. The van der Waals surface area contributed by atoms with Gasteiger partial charge in [0.15, 0.2) is 0 Å². The van der Waals surface area contributed by atoms with Crippen molar-refractivity contribution in [2.75, 3.05) is 19.6 Å². The topological polar surface area (TPSA) is 52.9 Å². The summed E-state index contributed by atoms with van der Waals surface area (Å²) in [6, 6.07) is 17.4. The van der Waals surface area contributed by atoms with Gasteiger partial charge in [-0.2, -0.15) is 0 Å². The Kier molecular flexibility index (Phi) is 5.61. The summed E-state index contributed by atoms with van der Waals surface area (Å²) >= 11 is 12.1. The van der Waals surface area contributed by atoms with Crippen LogP contribution in [0, 0.1) is 0 Å². The van der Waals surface area contributed by atoms with Gasteiger partial charge in [0.2, 0.25) is 0 Å². The molecule has 0 aliphatic carbocycles. The number of halogens is 2. The van der Waals surface area contributed by atoms with Gasteiger partial charge >= 0.3 is 0 Å². The van der Waals surface area contributed by atoms with Crippen molar-refractivity contribution in [2.24, 2.45) is 0 Å². The van der Waals surface area contributed by atoms with Crippen molar-refractivity contribution < 1.29 is 14.9 Å². The molecule has 3 aromatic rings. The Morgan fingerprint density at radius 1 is 1.03 bits per heavy atom. The standard InChI is InChI=1S/C25H25Cl2NO3/c26-20-8-6-17(13-21(20)27)23(30)15-28-11-9-25(10-12-28)14-22(29)19-7-5-16-3-1-2-4-18(16)24(19)31-25/h1-8,13,22-23,29-30H,9-12,14-15H2. The van der Waals surface area contributed by atoms with Crippen LogP contribution in [0.4, 0.5) is 0 Å². The molecule has 2 aliphatic heterocycles. The number of ether oxygens (including phenoxy) is 1. The smallest absolute Gasteiger partial charge is 0.133 e. The highest BCUT2D eigenvalue weighted by Crippen LogP contribution is 2.47. The molecule has 2 N–H and O–H groups in total. The number of piperidine rings is 1. The number of aliphatic hydroxyl groups is 2. The second-order valence-electron chi connectivity index (χ2n) is 8.70. The lowest BCUT2D eigenvalue weighted by Crippen LogP contribution is -2.51. The molecule has 1 spiro atoms. The number of likely N-dealkylation sites (tertiary alicyclic amines) is 1. The van der Waals surface area contributed by atoms with Crippen molar-refractivity contribution in [1.29, 1.82) is 0 Å². The number of benzene rings is 3. The lowest BCUT2D eigenvalue weighted by molar-refractivity contribution is -0.0577. The molecule has 0 aromatic heterocycles. The van der Waals surface area contributed by atoms with Gasteiger partial charge < -0.3 is 19.8 Å². The molecular weight excluding hydrogens is 433 g/mol. The monoisotopic (exact) mass is 457 g/mol. The van der Waals surface area contributed by atoms with Crippen molar-refractivity contribution in [3.63, 3.8) is 0 Å². The number of fused-ring (bicyclic) bond motifs is 3. The summed E-state index contributed by atoms with van der Waals surface area (Å²) in [6.07, 6.45) is 1.05. The van der Waals surface area contributed by atoms with E-state index in [2.05, 4.69) is 17.0 Å². The number of hydrogen-bond donors (Lipinski definition) is 2. The Morgan fingerprint density at radius 3 is 2.58 bits per heavy atom. The zero-order valence-corrected chi connectivity index (χ0v) is 18.6. The van der Waals surface area contributed by atoms with Crippen molar-refractivity contribution in [2.45, 2.75) is 37.1 Å². The van der Waals surface area contributed by atoms with Crippen LogP contribution in [0.1, 0.15) is 42.6 Å². The van der Waals surface area contributed by atoms with Crippen LogP contribution in [-0.4, -0.2) is 40.3 Å². The lowest BCUT2D eigenvalue weighted by atomic mass is 9.81. The molecule has 162 valence electrons. The molecule has 2 unspecified atom stereocenters. The predicted molar refractivity (Wildman–Crippen MR) is 124 cm³/mol. The van der Waals surface area contributed by atoms with Crippen LogP contribution in [0.2, 0.25) is 10.0 Å². The van der Waals surface area contributed by atoms with E-state index in [-0.39, 0.29) is 5.60 Å². The average molecular weight is 458 g/mol. The van der Waals surface area contributed by atoms with Gasteiger partial charge in [-0.1, -0.05) is 65.7 Å². The van der Waals surface area contributed by atoms with E-state index in [1.165, 1.54) is 0 Å². The summed E-state index contributed by atoms with van der Waals surface area (Å²) < 4.78 is 6.63. The number of aliphatic hydroxyl groups excluding tert-OH is 2.